The van der Waals surface area contributed by atoms with E-state index in [4.69, 9.17) is 33.2 Å². The molecule has 5 nitrogen and oxygen atoms in total. The highest BCUT2D eigenvalue weighted by atomic mass is 35.5. The standard InChI is InChI=1S/C23H17Cl2F3N2O3/c1-13(22(32,23(26,27)28)15-4-8-21(31)30(2)12-15)17-6-5-16(10-18(17)24)33-20-7-3-14(11-29)9-19(20)25/h3-10,12-13,32H,1-2H3. The summed E-state index contributed by atoms with van der Waals surface area (Å²) >= 11 is 12.4. The van der Waals surface area contributed by atoms with Crippen molar-refractivity contribution in [1.82, 2.24) is 4.57 Å². The zero-order chi connectivity index (χ0) is 24.6. The molecule has 3 aromatic rings. The number of benzene rings is 2. The molecule has 0 saturated carbocycles. The smallest absolute Gasteiger partial charge is 0.422 e. The number of alkyl halides is 3. The molecule has 172 valence electrons. The third-order valence-electron chi connectivity index (χ3n) is 5.31. The van der Waals surface area contributed by atoms with Crippen LogP contribution in [0.1, 0.15) is 29.5 Å². The first-order valence-electron chi connectivity index (χ1n) is 9.51. The molecule has 2 aromatic carbocycles. The van der Waals surface area contributed by atoms with E-state index in [1.165, 1.54) is 50.4 Å². The number of aromatic nitrogens is 1. The molecule has 1 N–H and O–H groups in total. The van der Waals surface area contributed by atoms with Crippen LogP contribution in [-0.2, 0) is 12.6 Å². The molecule has 10 heteroatoms. The second-order valence-electron chi connectivity index (χ2n) is 7.40. The topological polar surface area (TPSA) is 75.2 Å². The van der Waals surface area contributed by atoms with Gasteiger partial charge in [0.15, 0.2) is 5.60 Å². The van der Waals surface area contributed by atoms with E-state index in [2.05, 4.69) is 0 Å². The highest BCUT2D eigenvalue weighted by Gasteiger charge is 2.59. The Labute approximate surface area is 197 Å². The maximum Gasteiger partial charge on any atom is 0.422 e. The first-order chi connectivity index (χ1) is 15.4. The van der Waals surface area contributed by atoms with Crippen LogP contribution in [0.3, 0.4) is 0 Å². The summed E-state index contributed by atoms with van der Waals surface area (Å²) in [4.78, 5) is 11.6. The lowest BCUT2D eigenvalue weighted by Crippen LogP contribution is -2.47. The van der Waals surface area contributed by atoms with E-state index in [1.807, 2.05) is 6.07 Å². The summed E-state index contributed by atoms with van der Waals surface area (Å²) in [5.41, 5.74) is -3.98. The number of halogens is 5. The van der Waals surface area contributed by atoms with Gasteiger partial charge in [0.1, 0.15) is 11.5 Å². The van der Waals surface area contributed by atoms with E-state index in [9.17, 15) is 23.1 Å². The van der Waals surface area contributed by atoms with Gasteiger partial charge in [0, 0.05) is 35.8 Å². The molecule has 0 spiro atoms. The number of hydrogen-bond acceptors (Lipinski definition) is 4. The SMILES string of the molecule is CC(c1ccc(Oc2ccc(C#N)cc2Cl)cc1Cl)C(O)(c1ccc(=O)n(C)c1)C(F)(F)F. The second-order valence-corrected chi connectivity index (χ2v) is 8.21. The highest BCUT2D eigenvalue weighted by Crippen LogP contribution is 2.50. The maximum absolute atomic E-state index is 14.1. The number of aryl methyl sites for hydroxylation is 1. The molecule has 0 fully saturated rings. The van der Waals surface area contributed by atoms with Gasteiger partial charge in [-0.25, -0.2) is 0 Å². The molecule has 3 rings (SSSR count). The van der Waals surface area contributed by atoms with Crippen molar-refractivity contribution in [2.45, 2.75) is 24.6 Å². The molecule has 0 aliphatic carbocycles. The molecule has 0 aliphatic rings. The Balaban J connectivity index is 2.00. The predicted molar refractivity (Wildman–Crippen MR) is 118 cm³/mol. The van der Waals surface area contributed by atoms with E-state index in [0.717, 1.165) is 22.9 Å². The molecule has 1 aromatic heterocycles. The van der Waals surface area contributed by atoms with E-state index in [-0.39, 0.29) is 27.1 Å². The van der Waals surface area contributed by atoms with Crippen LogP contribution in [0, 0.1) is 11.3 Å². The van der Waals surface area contributed by atoms with E-state index in [1.54, 1.807) is 0 Å². The zero-order valence-electron chi connectivity index (χ0n) is 17.3. The molecular weight excluding hydrogens is 480 g/mol. The summed E-state index contributed by atoms with van der Waals surface area (Å²) < 4.78 is 49.0. The molecule has 0 aliphatic heterocycles. The summed E-state index contributed by atoms with van der Waals surface area (Å²) in [7, 11) is 1.29. The first kappa shape index (κ1) is 24.6. The predicted octanol–water partition coefficient (Wildman–Crippen LogP) is 5.91. The van der Waals surface area contributed by atoms with Gasteiger partial charge < -0.3 is 14.4 Å². The largest absolute Gasteiger partial charge is 0.456 e. The van der Waals surface area contributed by atoms with Gasteiger partial charge in [0.05, 0.1) is 16.7 Å². The van der Waals surface area contributed by atoms with Crippen LogP contribution in [0.25, 0.3) is 0 Å². The van der Waals surface area contributed by atoms with Crippen molar-refractivity contribution in [1.29, 1.82) is 5.26 Å². The summed E-state index contributed by atoms with van der Waals surface area (Å²) in [6.07, 6.45) is -4.12. The second kappa shape index (κ2) is 9.10. The van der Waals surface area contributed by atoms with Crippen molar-refractivity contribution < 1.29 is 23.0 Å². The molecule has 2 atom stereocenters. The van der Waals surface area contributed by atoms with Crippen LogP contribution in [-0.4, -0.2) is 15.8 Å². The minimum absolute atomic E-state index is 0.0172. The summed E-state index contributed by atoms with van der Waals surface area (Å²) in [6, 6.07) is 12.2. The Morgan fingerprint density at radius 3 is 2.33 bits per heavy atom. The summed E-state index contributed by atoms with van der Waals surface area (Å²) in [5, 5.41) is 19.9. The van der Waals surface area contributed by atoms with E-state index in [0.29, 0.717) is 5.56 Å². The van der Waals surface area contributed by atoms with Gasteiger partial charge in [-0.1, -0.05) is 36.2 Å². The average Bonchev–Trinajstić information content (AvgIpc) is 2.75. The van der Waals surface area contributed by atoms with Gasteiger partial charge in [0.2, 0.25) is 5.56 Å². The van der Waals surface area contributed by atoms with Crippen molar-refractivity contribution in [3.05, 3.63) is 91.8 Å². The molecule has 1 heterocycles. The van der Waals surface area contributed by atoms with Crippen molar-refractivity contribution in [2.75, 3.05) is 0 Å². The highest BCUT2D eigenvalue weighted by molar-refractivity contribution is 6.32. The quantitative estimate of drug-likeness (QED) is 0.476. The lowest BCUT2D eigenvalue weighted by Gasteiger charge is -2.37. The Hall–Kier alpha value is -2.99. The normalized spacial score (nSPS) is 14.3. The van der Waals surface area contributed by atoms with Gasteiger partial charge >= 0.3 is 6.18 Å². The average molecular weight is 497 g/mol. The van der Waals surface area contributed by atoms with Crippen molar-refractivity contribution in [2.24, 2.45) is 7.05 Å². The van der Waals surface area contributed by atoms with Crippen LogP contribution in [0.5, 0.6) is 11.5 Å². The molecule has 2 unspecified atom stereocenters. The van der Waals surface area contributed by atoms with Crippen LogP contribution < -0.4 is 10.3 Å². The van der Waals surface area contributed by atoms with Gasteiger partial charge in [-0.15, -0.1) is 0 Å². The minimum Gasteiger partial charge on any atom is -0.456 e. The van der Waals surface area contributed by atoms with Crippen LogP contribution >= 0.6 is 23.2 Å². The summed E-state index contributed by atoms with van der Waals surface area (Å²) in [5.74, 6) is -1.11. The number of pyridine rings is 1. The molecule has 0 radical (unpaired) electrons. The van der Waals surface area contributed by atoms with Crippen molar-refractivity contribution >= 4 is 23.2 Å². The number of ether oxygens (including phenoxy) is 1. The van der Waals surface area contributed by atoms with Crippen LogP contribution in [0.15, 0.2) is 59.5 Å². The third kappa shape index (κ3) is 4.71. The monoisotopic (exact) mass is 496 g/mol. The lowest BCUT2D eigenvalue weighted by molar-refractivity contribution is -0.274. The van der Waals surface area contributed by atoms with Gasteiger partial charge in [-0.05, 0) is 42.0 Å². The molecule has 0 saturated heterocycles. The molecule has 33 heavy (non-hydrogen) atoms. The Morgan fingerprint density at radius 1 is 1.09 bits per heavy atom. The van der Waals surface area contributed by atoms with Gasteiger partial charge in [-0.2, -0.15) is 18.4 Å². The number of rotatable bonds is 5. The fourth-order valence-corrected chi connectivity index (χ4v) is 3.96. The molecular formula is C23H17Cl2F3N2O3. The van der Waals surface area contributed by atoms with Gasteiger partial charge in [-0.3, -0.25) is 4.79 Å². The van der Waals surface area contributed by atoms with Crippen molar-refractivity contribution in [3.8, 4) is 17.6 Å². The Kier molecular flexibility index (Phi) is 6.80. The van der Waals surface area contributed by atoms with Crippen molar-refractivity contribution in [3.63, 3.8) is 0 Å². The number of hydrogen-bond donors (Lipinski definition) is 1. The number of nitrogens with zero attached hydrogens (tertiary/aromatic N) is 2. The Morgan fingerprint density at radius 2 is 1.79 bits per heavy atom. The lowest BCUT2D eigenvalue weighted by atomic mass is 9.78. The van der Waals surface area contributed by atoms with E-state index >= 15 is 0 Å². The maximum atomic E-state index is 14.1. The fourth-order valence-electron chi connectivity index (χ4n) is 3.41. The summed E-state index contributed by atoms with van der Waals surface area (Å²) in [6.45, 7) is 1.19. The number of aliphatic hydroxyl groups is 1. The molecule has 0 amide bonds. The number of nitriles is 1. The van der Waals surface area contributed by atoms with Crippen LogP contribution in [0.4, 0.5) is 13.2 Å². The first-order valence-corrected chi connectivity index (χ1v) is 10.3. The van der Waals surface area contributed by atoms with Gasteiger partial charge in [0.25, 0.3) is 0 Å². The fraction of sp³-hybridized carbons (Fsp3) is 0.217. The third-order valence-corrected chi connectivity index (χ3v) is 5.93. The zero-order valence-corrected chi connectivity index (χ0v) is 18.8. The Bertz CT molecular complexity index is 1300. The van der Waals surface area contributed by atoms with Crippen LogP contribution in [0.2, 0.25) is 10.0 Å². The minimum atomic E-state index is -5.07. The van der Waals surface area contributed by atoms with E-state index < -0.39 is 28.8 Å². The molecule has 0 bridgehead atoms.